The lowest BCUT2D eigenvalue weighted by molar-refractivity contribution is -0.121. The van der Waals surface area contributed by atoms with E-state index in [1.807, 2.05) is 26.0 Å². The van der Waals surface area contributed by atoms with Crippen molar-refractivity contribution < 1.29 is 22.5 Å². The van der Waals surface area contributed by atoms with Crippen molar-refractivity contribution in [2.75, 3.05) is 16.2 Å². The van der Waals surface area contributed by atoms with Gasteiger partial charge in [-0.1, -0.05) is 35.8 Å². The molecular formula is C21H21ClN4O5S. The van der Waals surface area contributed by atoms with E-state index in [0.717, 1.165) is 11.1 Å². The number of sulfonamides is 1. The number of hydrogen-bond acceptors (Lipinski definition) is 7. The Labute approximate surface area is 190 Å². The van der Waals surface area contributed by atoms with E-state index in [1.165, 1.54) is 17.0 Å². The molecule has 2 heterocycles. The Hall–Kier alpha value is -3.11. The van der Waals surface area contributed by atoms with E-state index in [9.17, 15) is 13.2 Å². The third-order valence-electron chi connectivity index (χ3n) is 5.00. The fourth-order valence-corrected chi connectivity index (χ4v) is 4.93. The number of nitrogens with one attached hydrogen (secondary N) is 1. The second-order valence-electron chi connectivity index (χ2n) is 7.40. The van der Waals surface area contributed by atoms with Crippen molar-refractivity contribution in [1.29, 1.82) is 0 Å². The fraction of sp³-hybridized carbons (Fsp3) is 0.286. The summed E-state index contributed by atoms with van der Waals surface area (Å²) in [7, 11) is -4.01. The van der Waals surface area contributed by atoms with Gasteiger partial charge in [0.05, 0.1) is 22.9 Å². The standard InChI is InChI=1S/C21H21ClN4O5S/c1-4-20-23-19(24-31-20)10-26-16-8-14(22)18(9-17(16)30-11-21(26)27)32(28,29)25-15-7-12(2)5-6-13(15)3/h5-9,25H,4,10-11H2,1-3H3. The Balaban J connectivity index is 1.68. The van der Waals surface area contributed by atoms with Gasteiger partial charge < -0.3 is 9.26 Å². The van der Waals surface area contributed by atoms with Gasteiger partial charge in [-0.25, -0.2) is 8.42 Å². The van der Waals surface area contributed by atoms with E-state index >= 15 is 0 Å². The molecule has 1 aliphatic rings. The van der Waals surface area contributed by atoms with E-state index in [0.29, 0.717) is 29.5 Å². The number of ether oxygens (including phenoxy) is 1. The highest BCUT2D eigenvalue weighted by atomic mass is 35.5. The highest BCUT2D eigenvalue weighted by Crippen LogP contribution is 2.39. The van der Waals surface area contributed by atoms with Crippen LogP contribution in [-0.4, -0.2) is 31.1 Å². The first-order chi connectivity index (χ1) is 15.2. The number of aryl methyl sites for hydroxylation is 3. The van der Waals surface area contributed by atoms with Crippen LogP contribution in [0.4, 0.5) is 11.4 Å². The van der Waals surface area contributed by atoms with Gasteiger partial charge in [0.1, 0.15) is 10.6 Å². The summed E-state index contributed by atoms with van der Waals surface area (Å²) in [5.74, 6) is 0.667. The number of rotatable bonds is 6. The molecule has 3 aromatic rings. The maximum absolute atomic E-state index is 13.1. The van der Waals surface area contributed by atoms with Crippen LogP contribution in [0.3, 0.4) is 0 Å². The molecule has 9 nitrogen and oxygen atoms in total. The highest BCUT2D eigenvalue weighted by Gasteiger charge is 2.31. The summed E-state index contributed by atoms with van der Waals surface area (Å²) < 4.78 is 39.3. The van der Waals surface area contributed by atoms with Gasteiger partial charge in [0.25, 0.3) is 15.9 Å². The van der Waals surface area contributed by atoms with Crippen molar-refractivity contribution in [3.8, 4) is 5.75 Å². The van der Waals surface area contributed by atoms with Crippen LogP contribution in [0.25, 0.3) is 0 Å². The molecule has 0 radical (unpaired) electrons. The van der Waals surface area contributed by atoms with Crippen molar-refractivity contribution in [3.05, 3.63) is 58.2 Å². The van der Waals surface area contributed by atoms with Crippen LogP contribution < -0.4 is 14.4 Å². The molecule has 2 aromatic carbocycles. The molecule has 0 saturated heterocycles. The Morgan fingerprint density at radius 2 is 2.00 bits per heavy atom. The summed E-state index contributed by atoms with van der Waals surface area (Å²) in [5, 5.41) is 3.82. The van der Waals surface area contributed by atoms with E-state index in [2.05, 4.69) is 14.9 Å². The van der Waals surface area contributed by atoms with Crippen molar-refractivity contribution in [3.63, 3.8) is 0 Å². The first-order valence-corrected chi connectivity index (χ1v) is 11.7. The molecule has 0 bridgehead atoms. The lowest BCUT2D eigenvalue weighted by Gasteiger charge is -2.29. The topological polar surface area (TPSA) is 115 Å². The van der Waals surface area contributed by atoms with Gasteiger partial charge in [-0.3, -0.25) is 14.4 Å². The monoisotopic (exact) mass is 476 g/mol. The maximum atomic E-state index is 13.1. The lowest BCUT2D eigenvalue weighted by atomic mass is 10.1. The third-order valence-corrected chi connectivity index (χ3v) is 6.83. The molecule has 11 heteroatoms. The minimum Gasteiger partial charge on any atom is -0.482 e. The fourth-order valence-electron chi connectivity index (χ4n) is 3.27. The van der Waals surface area contributed by atoms with Gasteiger partial charge in [0.15, 0.2) is 12.4 Å². The molecule has 0 aliphatic carbocycles. The quantitative estimate of drug-likeness (QED) is 0.577. The van der Waals surface area contributed by atoms with Crippen LogP contribution in [0.2, 0.25) is 5.02 Å². The Morgan fingerprint density at radius 1 is 1.22 bits per heavy atom. The predicted octanol–water partition coefficient (Wildman–Crippen LogP) is 3.63. The molecule has 0 spiro atoms. The van der Waals surface area contributed by atoms with Crippen LogP contribution >= 0.6 is 11.6 Å². The number of aromatic nitrogens is 2. The minimum atomic E-state index is -4.01. The SMILES string of the molecule is CCc1nc(CN2C(=O)COc3cc(S(=O)(=O)Nc4cc(C)ccc4C)c(Cl)cc32)no1. The van der Waals surface area contributed by atoms with Crippen molar-refractivity contribution in [2.24, 2.45) is 0 Å². The number of carbonyl (C=O) groups is 1. The summed E-state index contributed by atoms with van der Waals surface area (Å²) in [6.45, 7) is 5.34. The molecule has 1 aromatic heterocycles. The third kappa shape index (κ3) is 4.28. The normalized spacial score (nSPS) is 13.6. The summed E-state index contributed by atoms with van der Waals surface area (Å²) >= 11 is 6.36. The first-order valence-electron chi connectivity index (χ1n) is 9.86. The number of benzene rings is 2. The molecule has 0 atom stereocenters. The van der Waals surface area contributed by atoms with Crippen LogP contribution in [0.5, 0.6) is 5.75 Å². The lowest BCUT2D eigenvalue weighted by Crippen LogP contribution is -2.38. The molecule has 0 fully saturated rings. The van der Waals surface area contributed by atoms with E-state index in [-0.39, 0.29) is 34.7 Å². The number of fused-ring (bicyclic) bond motifs is 1. The molecule has 0 saturated carbocycles. The van der Waals surface area contributed by atoms with Crippen molar-refractivity contribution in [2.45, 2.75) is 38.6 Å². The maximum Gasteiger partial charge on any atom is 0.265 e. The summed E-state index contributed by atoms with van der Waals surface area (Å²) in [5.41, 5.74) is 2.47. The second-order valence-corrected chi connectivity index (χ2v) is 9.46. The number of carbonyl (C=O) groups excluding carboxylic acids is 1. The van der Waals surface area contributed by atoms with Gasteiger partial charge in [-0.05, 0) is 37.1 Å². The largest absolute Gasteiger partial charge is 0.482 e. The number of nitrogens with zero attached hydrogens (tertiary/aromatic N) is 3. The number of halogens is 1. The molecule has 1 N–H and O–H groups in total. The van der Waals surface area contributed by atoms with Gasteiger partial charge in [-0.15, -0.1) is 0 Å². The predicted molar refractivity (Wildman–Crippen MR) is 119 cm³/mol. The van der Waals surface area contributed by atoms with E-state index in [4.69, 9.17) is 20.9 Å². The Morgan fingerprint density at radius 3 is 2.72 bits per heavy atom. The zero-order valence-electron chi connectivity index (χ0n) is 17.7. The van der Waals surface area contributed by atoms with Gasteiger partial charge >= 0.3 is 0 Å². The zero-order chi connectivity index (χ0) is 23.0. The molecule has 168 valence electrons. The van der Waals surface area contributed by atoms with Crippen LogP contribution in [-0.2, 0) is 27.8 Å². The summed E-state index contributed by atoms with van der Waals surface area (Å²) in [4.78, 5) is 17.9. The first kappa shape index (κ1) is 22.1. The smallest absolute Gasteiger partial charge is 0.265 e. The molecule has 0 unspecified atom stereocenters. The molecular weight excluding hydrogens is 456 g/mol. The number of amides is 1. The zero-order valence-corrected chi connectivity index (χ0v) is 19.2. The van der Waals surface area contributed by atoms with Gasteiger partial charge in [0.2, 0.25) is 5.89 Å². The van der Waals surface area contributed by atoms with Crippen LogP contribution in [0, 0.1) is 13.8 Å². The van der Waals surface area contributed by atoms with Crippen LogP contribution in [0.15, 0.2) is 39.8 Å². The second kappa shape index (κ2) is 8.44. The van der Waals surface area contributed by atoms with Gasteiger partial charge in [-0.2, -0.15) is 4.98 Å². The molecule has 1 amide bonds. The van der Waals surface area contributed by atoms with Crippen LogP contribution in [0.1, 0.15) is 29.8 Å². The highest BCUT2D eigenvalue weighted by molar-refractivity contribution is 7.92. The number of anilines is 2. The summed E-state index contributed by atoms with van der Waals surface area (Å²) in [6.07, 6.45) is 0.571. The average molecular weight is 477 g/mol. The summed E-state index contributed by atoms with van der Waals surface area (Å²) in [6, 6.07) is 8.18. The Kier molecular flexibility index (Phi) is 5.83. The minimum absolute atomic E-state index is 0.0435. The van der Waals surface area contributed by atoms with Gasteiger partial charge in [0, 0.05) is 12.5 Å². The molecule has 32 heavy (non-hydrogen) atoms. The Bertz CT molecular complexity index is 1310. The molecule has 1 aliphatic heterocycles. The number of hydrogen-bond donors (Lipinski definition) is 1. The van der Waals surface area contributed by atoms with E-state index < -0.39 is 10.0 Å². The molecule has 4 rings (SSSR count). The van der Waals surface area contributed by atoms with Crippen molar-refractivity contribution >= 4 is 38.9 Å². The van der Waals surface area contributed by atoms with E-state index in [1.54, 1.807) is 13.0 Å². The van der Waals surface area contributed by atoms with Crippen molar-refractivity contribution in [1.82, 2.24) is 10.1 Å². The average Bonchev–Trinajstić information content (AvgIpc) is 3.20.